The molecule has 1 aliphatic heterocycles. The van der Waals surface area contributed by atoms with Gasteiger partial charge >= 0.3 is 5.69 Å². The second-order valence-electron chi connectivity index (χ2n) is 5.61. The molecule has 0 radical (unpaired) electrons. The number of hydrogen-bond donors (Lipinski definition) is 2. The first-order chi connectivity index (χ1) is 9.74. The number of aryl methyl sites for hydroxylation is 1. The minimum atomic E-state index is -0.000112. The van der Waals surface area contributed by atoms with Crippen LogP contribution in [0.3, 0.4) is 0 Å². The van der Waals surface area contributed by atoms with Gasteiger partial charge in [-0.2, -0.15) is 0 Å². The number of para-hydroxylation sites is 2. The topological polar surface area (TPSA) is 53.1 Å². The van der Waals surface area contributed by atoms with E-state index >= 15 is 0 Å². The number of benzene rings is 1. The van der Waals surface area contributed by atoms with Crippen LogP contribution >= 0.6 is 0 Å². The van der Waals surface area contributed by atoms with Crippen LogP contribution in [-0.2, 0) is 6.54 Å². The molecule has 2 aromatic rings. The number of fused-ring (bicyclic) bond motifs is 1. The van der Waals surface area contributed by atoms with Crippen molar-refractivity contribution < 1.29 is 0 Å². The van der Waals surface area contributed by atoms with Crippen molar-refractivity contribution in [1.82, 2.24) is 19.8 Å². The van der Waals surface area contributed by atoms with Gasteiger partial charge in [0.15, 0.2) is 0 Å². The Morgan fingerprint density at radius 2 is 2.15 bits per heavy atom. The summed E-state index contributed by atoms with van der Waals surface area (Å²) in [6, 6.07) is 8.44. The molecular formula is C15H22N4O. The predicted octanol–water partition coefficient (Wildman–Crippen LogP) is 1.01. The van der Waals surface area contributed by atoms with Crippen molar-refractivity contribution >= 4 is 11.0 Å². The molecule has 1 aromatic heterocycles. The Bertz CT molecular complexity index is 630. The molecule has 5 nitrogen and oxygen atoms in total. The van der Waals surface area contributed by atoms with E-state index in [9.17, 15) is 4.79 Å². The minimum Gasteiger partial charge on any atom is -0.312 e. The van der Waals surface area contributed by atoms with Gasteiger partial charge in [-0.1, -0.05) is 12.1 Å². The van der Waals surface area contributed by atoms with Crippen LogP contribution in [0, 0.1) is 0 Å². The molecule has 0 bridgehead atoms. The summed E-state index contributed by atoms with van der Waals surface area (Å²) < 4.78 is 1.85. The summed E-state index contributed by atoms with van der Waals surface area (Å²) in [4.78, 5) is 17.3. The van der Waals surface area contributed by atoms with E-state index in [0.717, 1.165) is 50.2 Å². The molecule has 0 amide bonds. The Labute approximate surface area is 118 Å². The van der Waals surface area contributed by atoms with E-state index in [1.165, 1.54) is 0 Å². The summed E-state index contributed by atoms with van der Waals surface area (Å²) in [5.41, 5.74) is 1.93. The molecule has 1 unspecified atom stereocenters. The summed E-state index contributed by atoms with van der Waals surface area (Å²) in [6.07, 6.45) is 1.01. The van der Waals surface area contributed by atoms with Gasteiger partial charge in [0.1, 0.15) is 0 Å². The Hall–Kier alpha value is -1.59. The predicted molar refractivity (Wildman–Crippen MR) is 81.1 cm³/mol. The molecular weight excluding hydrogens is 252 g/mol. The van der Waals surface area contributed by atoms with E-state index in [0.29, 0.717) is 6.04 Å². The average molecular weight is 274 g/mol. The summed E-state index contributed by atoms with van der Waals surface area (Å²) in [7, 11) is 0. The van der Waals surface area contributed by atoms with E-state index in [4.69, 9.17) is 0 Å². The highest BCUT2D eigenvalue weighted by molar-refractivity contribution is 5.74. The van der Waals surface area contributed by atoms with Crippen molar-refractivity contribution in [1.29, 1.82) is 0 Å². The summed E-state index contributed by atoms with van der Waals surface area (Å²) >= 11 is 0. The molecule has 1 aliphatic rings. The van der Waals surface area contributed by atoms with Crippen LogP contribution in [0.2, 0.25) is 0 Å². The second kappa shape index (κ2) is 5.81. The second-order valence-corrected chi connectivity index (χ2v) is 5.61. The van der Waals surface area contributed by atoms with Crippen LogP contribution in [0.4, 0.5) is 0 Å². The smallest absolute Gasteiger partial charge is 0.312 e. The molecule has 3 rings (SSSR count). The molecule has 108 valence electrons. The summed E-state index contributed by atoms with van der Waals surface area (Å²) in [5.74, 6) is 0. The van der Waals surface area contributed by atoms with Gasteiger partial charge in [0, 0.05) is 32.2 Å². The van der Waals surface area contributed by atoms with E-state index in [1.54, 1.807) is 0 Å². The van der Waals surface area contributed by atoms with Gasteiger partial charge in [-0.25, -0.2) is 4.79 Å². The summed E-state index contributed by atoms with van der Waals surface area (Å²) in [5, 5.41) is 3.45. The zero-order chi connectivity index (χ0) is 13.9. The molecule has 0 saturated carbocycles. The lowest BCUT2D eigenvalue weighted by Gasteiger charge is -2.31. The lowest BCUT2D eigenvalue weighted by Crippen LogP contribution is -2.49. The SMILES string of the molecule is CC1CN(CCCn2c(=O)[nH]c3ccccc32)CCN1. The van der Waals surface area contributed by atoms with Gasteiger partial charge in [-0.05, 0) is 32.0 Å². The van der Waals surface area contributed by atoms with Crippen molar-refractivity contribution in [2.75, 3.05) is 26.2 Å². The van der Waals surface area contributed by atoms with Gasteiger partial charge < -0.3 is 15.2 Å². The number of imidazole rings is 1. The molecule has 2 N–H and O–H groups in total. The number of H-pyrrole nitrogens is 1. The third-order valence-electron chi connectivity index (χ3n) is 3.99. The highest BCUT2D eigenvalue weighted by atomic mass is 16.1. The number of hydrogen-bond acceptors (Lipinski definition) is 3. The zero-order valence-electron chi connectivity index (χ0n) is 11.9. The Morgan fingerprint density at radius 3 is 3.00 bits per heavy atom. The number of piperazine rings is 1. The highest BCUT2D eigenvalue weighted by Gasteiger charge is 2.15. The van der Waals surface area contributed by atoms with Crippen LogP contribution in [-0.4, -0.2) is 46.7 Å². The van der Waals surface area contributed by atoms with E-state index < -0.39 is 0 Å². The van der Waals surface area contributed by atoms with Gasteiger partial charge in [-0.3, -0.25) is 4.57 Å². The van der Waals surface area contributed by atoms with E-state index in [2.05, 4.69) is 22.1 Å². The van der Waals surface area contributed by atoms with Crippen LogP contribution < -0.4 is 11.0 Å². The van der Waals surface area contributed by atoms with Crippen molar-refractivity contribution in [3.05, 3.63) is 34.7 Å². The number of nitrogens with one attached hydrogen (secondary N) is 2. The number of aromatic amines is 1. The largest absolute Gasteiger partial charge is 0.326 e. The van der Waals surface area contributed by atoms with Gasteiger partial charge in [0.25, 0.3) is 0 Å². The van der Waals surface area contributed by atoms with E-state index in [-0.39, 0.29) is 5.69 Å². The quantitative estimate of drug-likeness (QED) is 0.875. The Morgan fingerprint density at radius 1 is 1.30 bits per heavy atom. The molecule has 1 aromatic carbocycles. The lowest BCUT2D eigenvalue weighted by atomic mass is 10.2. The third-order valence-corrected chi connectivity index (χ3v) is 3.99. The first-order valence-electron chi connectivity index (χ1n) is 7.37. The number of aromatic nitrogens is 2. The summed E-state index contributed by atoms with van der Waals surface area (Å²) in [6.45, 7) is 7.32. The maximum atomic E-state index is 12.0. The molecule has 0 spiro atoms. The van der Waals surface area contributed by atoms with Crippen molar-refractivity contribution in [3.8, 4) is 0 Å². The van der Waals surface area contributed by atoms with Crippen LogP contribution in [0.15, 0.2) is 29.1 Å². The molecule has 1 saturated heterocycles. The molecule has 1 atom stereocenters. The Balaban J connectivity index is 1.62. The molecule has 1 fully saturated rings. The first-order valence-corrected chi connectivity index (χ1v) is 7.37. The zero-order valence-corrected chi connectivity index (χ0v) is 11.9. The van der Waals surface area contributed by atoms with Gasteiger partial charge in [0.05, 0.1) is 11.0 Å². The first kappa shape index (κ1) is 13.4. The number of nitrogens with zero attached hydrogens (tertiary/aromatic N) is 2. The maximum absolute atomic E-state index is 12.0. The normalized spacial score (nSPS) is 20.6. The molecule has 2 heterocycles. The van der Waals surface area contributed by atoms with Crippen molar-refractivity contribution in [2.24, 2.45) is 0 Å². The Kier molecular flexibility index (Phi) is 3.89. The number of rotatable bonds is 4. The van der Waals surface area contributed by atoms with Crippen LogP contribution in [0.5, 0.6) is 0 Å². The van der Waals surface area contributed by atoms with Crippen LogP contribution in [0.25, 0.3) is 11.0 Å². The fourth-order valence-electron chi connectivity index (χ4n) is 3.00. The molecule has 0 aliphatic carbocycles. The highest BCUT2D eigenvalue weighted by Crippen LogP contribution is 2.09. The van der Waals surface area contributed by atoms with Crippen molar-refractivity contribution in [2.45, 2.75) is 25.9 Å². The average Bonchev–Trinajstić information content (AvgIpc) is 2.75. The fraction of sp³-hybridized carbons (Fsp3) is 0.533. The monoisotopic (exact) mass is 274 g/mol. The van der Waals surface area contributed by atoms with Gasteiger partial charge in [0.2, 0.25) is 0 Å². The third kappa shape index (κ3) is 2.78. The van der Waals surface area contributed by atoms with Gasteiger partial charge in [-0.15, -0.1) is 0 Å². The maximum Gasteiger partial charge on any atom is 0.326 e. The van der Waals surface area contributed by atoms with Crippen molar-refractivity contribution in [3.63, 3.8) is 0 Å². The fourth-order valence-corrected chi connectivity index (χ4v) is 3.00. The standard InChI is InChI=1S/C15H22N4O/c1-12-11-18(10-7-16-12)8-4-9-19-14-6-3-2-5-13(14)17-15(19)20/h2-3,5-6,12,16H,4,7-11H2,1H3,(H,17,20). The minimum absolute atomic E-state index is 0.000112. The molecule has 20 heavy (non-hydrogen) atoms. The van der Waals surface area contributed by atoms with Crippen LogP contribution in [0.1, 0.15) is 13.3 Å². The lowest BCUT2D eigenvalue weighted by molar-refractivity contribution is 0.202. The molecule has 5 heteroatoms. The van der Waals surface area contributed by atoms with E-state index in [1.807, 2.05) is 28.8 Å².